The monoisotopic (exact) mass is 232 g/mol. The highest BCUT2D eigenvalue weighted by Crippen LogP contribution is 2.04. The van der Waals surface area contributed by atoms with Crippen LogP contribution in [0.4, 0.5) is 0 Å². The fraction of sp³-hybridized carbons (Fsp3) is 0.429. The Morgan fingerprint density at radius 2 is 1.94 bits per heavy atom. The lowest BCUT2D eigenvalue weighted by Crippen LogP contribution is -2.20. The maximum Gasteiger partial charge on any atom is 0.271 e. The molecule has 3 nitrogen and oxygen atoms in total. The largest absolute Gasteiger partial charge is 0.271 e. The summed E-state index contributed by atoms with van der Waals surface area (Å²) in [4.78, 5) is 11.8. The Balaban J connectivity index is 2.64. The molecule has 0 unspecified atom stereocenters. The van der Waals surface area contributed by atoms with E-state index in [1.54, 1.807) is 12.1 Å². The van der Waals surface area contributed by atoms with Crippen LogP contribution in [-0.2, 0) is 0 Å². The number of amides is 1. The molecule has 0 aliphatic carbocycles. The molecule has 3 heteroatoms. The molecule has 92 valence electrons. The molecule has 0 radical (unpaired) electrons. The van der Waals surface area contributed by atoms with Gasteiger partial charge in [0.1, 0.15) is 0 Å². The molecule has 17 heavy (non-hydrogen) atoms. The summed E-state index contributed by atoms with van der Waals surface area (Å²) in [5.41, 5.74) is 5.31. The van der Waals surface area contributed by atoms with Crippen molar-refractivity contribution in [1.29, 1.82) is 0 Å². The molecule has 1 aromatic carbocycles. The number of benzene rings is 1. The molecule has 0 bridgehead atoms. The first-order valence-corrected chi connectivity index (χ1v) is 5.95. The maximum absolute atomic E-state index is 11.8. The molecule has 0 aliphatic rings. The number of nitrogens with zero attached hydrogens (tertiary/aromatic N) is 1. The van der Waals surface area contributed by atoms with Gasteiger partial charge >= 0.3 is 0 Å². The molecule has 1 aromatic rings. The summed E-state index contributed by atoms with van der Waals surface area (Å²) in [6.07, 6.45) is 1.02. The topological polar surface area (TPSA) is 41.5 Å². The molecule has 1 N–H and O–H groups in total. The summed E-state index contributed by atoms with van der Waals surface area (Å²) in [6, 6.07) is 7.44. The molecule has 0 heterocycles. The predicted octanol–water partition coefficient (Wildman–Crippen LogP) is 3.15. The van der Waals surface area contributed by atoms with Gasteiger partial charge in [-0.15, -0.1) is 0 Å². The fourth-order valence-electron chi connectivity index (χ4n) is 1.31. The van der Waals surface area contributed by atoms with Crippen molar-refractivity contribution in [2.45, 2.75) is 34.1 Å². The van der Waals surface area contributed by atoms with Gasteiger partial charge in [-0.05, 0) is 38.3 Å². The third-order valence-electron chi connectivity index (χ3n) is 2.97. The Morgan fingerprint density at radius 1 is 1.35 bits per heavy atom. The second kappa shape index (κ2) is 6.18. The highest BCUT2D eigenvalue weighted by atomic mass is 16.2. The van der Waals surface area contributed by atoms with Crippen LogP contribution >= 0.6 is 0 Å². The van der Waals surface area contributed by atoms with E-state index in [1.807, 2.05) is 26.0 Å². The van der Waals surface area contributed by atoms with E-state index in [0.29, 0.717) is 11.5 Å². The van der Waals surface area contributed by atoms with Gasteiger partial charge in [-0.2, -0.15) is 5.10 Å². The Bertz CT molecular complexity index is 407. The van der Waals surface area contributed by atoms with Crippen molar-refractivity contribution in [3.63, 3.8) is 0 Å². The molecule has 0 spiro atoms. The van der Waals surface area contributed by atoms with Crippen LogP contribution in [0.15, 0.2) is 29.4 Å². The lowest BCUT2D eigenvalue weighted by molar-refractivity contribution is 0.0954. The standard InChI is InChI=1S/C14H20N2O/c1-5-11(3)12(4)15-16-14(17)13-8-6-10(2)7-9-13/h6-9,11H,5H2,1-4H3,(H,16,17)/b15-12-/t11-/m1/s1. The third-order valence-corrected chi connectivity index (χ3v) is 2.97. The normalized spacial score (nSPS) is 13.3. The van der Waals surface area contributed by atoms with Crippen LogP contribution in [0, 0.1) is 12.8 Å². The quantitative estimate of drug-likeness (QED) is 0.629. The van der Waals surface area contributed by atoms with E-state index >= 15 is 0 Å². The molecule has 0 saturated heterocycles. The van der Waals surface area contributed by atoms with Crippen LogP contribution in [0.1, 0.15) is 43.1 Å². The van der Waals surface area contributed by atoms with Crippen LogP contribution < -0.4 is 5.43 Å². The van der Waals surface area contributed by atoms with Crippen molar-refractivity contribution >= 4 is 11.6 Å². The van der Waals surface area contributed by atoms with Crippen molar-refractivity contribution < 1.29 is 4.79 Å². The van der Waals surface area contributed by atoms with Gasteiger partial charge in [0.25, 0.3) is 5.91 Å². The van der Waals surface area contributed by atoms with Gasteiger partial charge in [0.05, 0.1) is 0 Å². The minimum atomic E-state index is -0.160. The van der Waals surface area contributed by atoms with Gasteiger partial charge in [0, 0.05) is 11.3 Å². The zero-order valence-corrected chi connectivity index (χ0v) is 10.9. The molecule has 0 fully saturated rings. The van der Waals surface area contributed by atoms with E-state index in [4.69, 9.17) is 0 Å². The first kappa shape index (κ1) is 13.4. The third kappa shape index (κ3) is 4.02. The van der Waals surface area contributed by atoms with Gasteiger partial charge in [0.15, 0.2) is 0 Å². The number of hydrazone groups is 1. The molecular weight excluding hydrogens is 212 g/mol. The average Bonchev–Trinajstić information content (AvgIpc) is 2.35. The minimum Gasteiger partial charge on any atom is -0.267 e. The van der Waals surface area contributed by atoms with Crippen LogP contribution in [-0.4, -0.2) is 11.6 Å². The van der Waals surface area contributed by atoms with Crippen LogP contribution in [0.2, 0.25) is 0 Å². The molecule has 1 rings (SSSR count). The smallest absolute Gasteiger partial charge is 0.267 e. The Kier molecular flexibility index (Phi) is 4.88. The number of hydrogen-bond acceptors (Lipinski definition) is 2. The van der Waals surface area contributed by atoms with Gasteiger partial charge in [-0.25, -0.2) is 5.43 Å². The Hall–Kier alpha value is -1.64. The summed E-state index contributed by atoms with van der Waals surface area (Å²) >= 11 is 0. The molecule has 0 aliphatic heterocycles. The van der Waals surface area contributed by atoms with E-state index in [-0.39, 0.29) is 5.91 Å². The minimum absolute atomic E-state index is 0.160. The Labute approximate surface area is 103 Å². The van der Waals surface area contributed by atoms with Crippen molar-refractivity contribution in [3.05, 3.63) is 35.4 Å². The van der Waals surface area contributed by atoms with E-state index in [9.17, 15) is 4.79 Å². The van der Waals surface area contributed by atoms with Gasteiger partial charge in [0.2, 0.25) is 0 Å². The van der Waals surface area contributed by atoms with Crippen LogP contribution in [0.25, 0.3) is 0 Å². The van der Waals surface area contributed by atoms with Gasteiger partial charge < -0.3 is 0 Å². The first-order chi connectivity index (χ1) is 8.04. The summed E-state index contributed by atoms with van der Waals surface area (Å²) in [6.45, 7) is 8.12. The molecule has 1 atom stereocenters. The number of rotatable bonds is 4. The maximum atomic E-state index is 11.8. The molecule has 1 amide bonds. The number of carbonyl (C=O) groups excluding carboxylic acids is 1. The lowest BCUT2D eigenvalue weighted by atomic mass is 10.1. The SMILES string of the molecule is CC[C@@H](C)/C(C)=N\NC(=O)c1ccc(C)cc1. The summed E-state index contributed by atoms with van der Waals surface area (Å²) in [5, 5.41) is 4.11. The molecule has 0 aromatic heterocycles. The van der Waals surface area contributed by atoms with Crippen molar-refractivity contribution in [1.82, 2.24) is 5.43 Å². The zero-order chi connectivity index (χ0) is 12.8. The van der Waals surface area contributed by atoms with E-state index in [0.717, 1.165) is 17.7 Å². The highest BCUT2D eigenvalue weighted by Gasteiger charge is 2.06. The highest BCUT2D eigenvalue weighted by molar-refractivity contribution is 5.95. The number of carbonyl (C=O) groups is 1. The second-order valence-corrected chi connectivity index (χ2v) is 4.37. The number of aryl methyl sites for hydroxylation is 1. The predicted molar refractivity (Wildman–Crippen MR) is 71.2 cm³/mol. The number of nitrogens with one attached hydrogen (secondary N) is 1. The molecular formula is C14H20N2O. The van der Waals surface area contributed by atoms with Gasteiger partial charge in [-0.1, -0.05) is 31.5 Å². The zero-order valence-electron chi connectivity index (χ0n) is 10.9. The van der Waals surface area contributed by atoms with E-state index in [2.05, 4.69) is 24.4 Å². The fourth-order valence-corrected chi connectivity index (χ4v) is 1.31. The van der Waals surface area contributed by atoms with Crippen LogP contribution in [0.3, 0.4) is 0 Å². The van der Waals surface area contributed by atoms with Gasteiger partial charge in [-0.3, -0.25) is 4.79 Å². The van der Waals surface area contributed by atoms with E-state index < -0.39 is 0 Å². The van der Waals surface area contributed by atoms with E-state index in [1.165, 1.54) is 0 Å². The Morgan fingerprint density at radius 3 is 2.47 bits per heavy atom. The van der Waals surface area contributed by atoms with Crippen molar-refractivity contribution in [3.8, 4) is 0 Å². The second-order valence-electron chi connectivity index (χ2n) is 4.37. The summed E-state index contributed by atoms with van der Waals surface area (Å²) < 4.78 is 0. The number of hydrogen-bond donors (Lipinski definition) is 1. The summed E-state index contributed by atoms with van der Waals surface area (Å²) in [7, 11) is 0. The first-order valence-electron chi connectivity index (χ1n) is 5.95. The summed E-state index contributed by atoms with van der Waals surface area (Å²) in [5.74, 6) is 0.237. The average molecular weight is 232 g/mol. The van der Waals surface area contributed by atoms with Crippen LogP contribution in [0.5, 0.6) is 0 Å². The van der Waals surface area contributed by atoms with Crippen molar-refractivity contribution in [2.24, 2.45) is 11.0 Å². The molecule has 0 saturated carbocycles. The van der Waals surface area contributed by atoms with Crippen molar-refractivity contribution in [2.75, 3.05) is 0 Å². The lowest BCUT2D eigenvalue weighted by Gasteiger charge is -2.08.